The van der Waals surface area contributed by atoms with Gasteiger partial charge >= 0.3 is 0 Å². The minimum atomic E-state index is -3.79. The van der Waals surface area contributed by atoms with E-state index in [-0.39, 0.29) is 28.8 Å². The summed E-state index contributed by atoms with van der Waals surface area (Å²) in [4.78, 5) is 19.0. The van der Waals surface area contributed by atoms with Crippen LogP contribution in [0.15, 0.2) is 35.6 Å². The monoisotopic (exact) mass is 477 g/mol. The van der Waals surface area contributed by atoms with Crippen molar-refractivity contribution in [3.63, 3.8) is 0 Å². The van der Waals surface area contributed by atoms with Crippen LogP contribution in [-0.4, -0.2) is 48.0 Å². The molecule has 2 aliphatic rings. The number of ether oxygens (including phenoxy) is 1. The molecule has 1 saturated carbocycles. The predicted octanol–water partition coefficient (Wildman–Crippen LogP) is 3.57. The van der Waals surface area contributed by atoms with E-state index in [0.29, 0.717) is 43.4 Å². The molecule has 33 heavy (non-hydrogen) atoms. The number of imidazole rings is 1. The third-order valence-corrected chi connectivity index (χ3v) is 7.79. The third kappa shape index (κ3) is 6.00. The highest BCUT2D eigenvalue weighted by atomic mass is 32.2. The molecule has 1 aliphatic carbocycles. The van der Waals surface area contributed by atoms with Crippen LogP contribution in [0.25, 0.3) is 0 Å². The second-order valence-electron chi connectivity index (χ2n) is 9.48. The van der Waals surface area contributed by atoms with E-state index in [1.807, 2.05) is 18.7 Å². The van der Waals surface area contributed by atoms with Crippen molar-refractivity contribution in [1.29, 1.82) is 0 Å². The lowest BCUT2D eigenvalue weighted by Crippen LogP contribution is -2.36. The fourth-order valence-corrected chi connectivity index (χ4v) is 5.72. The molecule has 1 saturated heterocycles. The Morgan fingerprint density at radius 1 is 1.24 bits per heavy atom. The fourth-order valence-electron chi connectivity index (χ4n) is 4.22. The number of nitrogens with zero attached hydrogens (tertiary/aromatic N) is 3. The first kappa shape index (κ1) is 23.9. The number of sulfone groups is 1. The lowest BCUT2D eigenvalue weighted by molar-refractivity contribution is -0.135. The zero-order valence-corrected chi connectivity index (χ0v) is 20.1. The minimum absolute atomic E-state index is 0.0271. The van der Waals surface area contributed by atoms with Gasteiger partial charge in [0.1, 0.15) is 5.82 Å². The summed E-state index contributed by atoms with van der Waals surface area (Å²) in [5, 5.41) is -0.0271. The number of halogens is 1. The lowest BCUT2D eigenvalue weighted by atomic mass is 10.1. The molecule has 2 aromatic rings. The summed E-state index contributed by atoms with van der Waals surface area (Å²) in [6.45, 7) is 5.79. The molecule has 1 unspecified atom stereocenters. The Kier molecular flexibility index (Phi) is 7.19. The van der Waals surface area contributed by atoms with Crippen LogP contribution in [0.5, 0.6) is 0 Å². The van der Waals surface area contributed by atoms with E-state index in [1.54, 1.807) is 10.8 Å². The van der Waals surface area contributed by atoms with Gasteiger partial charge in [-0.2, -0.15) is 0 Å². The van der Waals surface area contributed by atoms with Crippen molar-refractivity contribution in [2.45, 2.75) is 69.6 Å². The van der Waals surface area contributed by atoms with Crippen molar-refractivity contribution in [2.24, 2.45) is 11.8 Å². The highest BCUT2D eigenvalue weighted by Crippen LogP contribution is 2.31. The van der Waals surface area contributed by atoms with Crippen molar-refractivity contribution in [3.8, 4) is 0 Å². The number of carbonyl (C=O) groups is 1. The molecule has 0 bridgehead atoms. The van der Waals surface area contributed by atoms with Crippen LogP contribution in [0, 0.1) is 17.7 Å². The average molecular weight is 478 g/mol. The quantitative estimate of drug-likeness (QED) is 0.523. The summed E-state index contributed by atoms with van der Waals surface area (Å²) < 4.78 is 47.4. The van der Waals surface area contributed by atoms with E-state index in [2.05, 4.69) is 4.98 Å². The first-order chi connectivity index (χ1) is 15.7. The number of hydrogen-bond donors (Lipinski definition) is 0. The molecule has 4 rings (SSSR count). The SMILES string of the molecule is CC(C)C(=O)N(Cc1cnc(S(=O)(=O)Cc2ccc(F)cc2)n1CC1CCCO1)CC1CC1. The van der Waals surface area contributed by atoms with E-state index in [1.165, 1.54) is 24.3 Å². The van der Waals surface area contributed by atoms with E-state index < -0.39 is 15.7 Å². The smallest absolute Gasteiger partial charge is 0.228 e. The van der Waals surface area contributed by atoms with Crippen LogP contribution >= 0.6 is 0 Å². The Morgan fingerprint density at radius 3 is 2.58 bits per heavy atom. The third-order valence-electron chi connectivity index (χ3n) is 6.19. The maximum Gasteiger partial charge on any atom is 0.228 e. The van der Waals surface area contributed by atoms with Gasteiger partial charge in [0.15, 0.2) is 0 Å². The zero-order chi connectivity index (χ0) is 23.6. The first-order valence-electron chi connectivity index (χ1n) is 11.6. The summed E-state index contributed by atoms with van der Waals surface area (Å²) in [6.07, 6.45) is 5.51. The standard InChI is InChI=1S/C24H32FN3O4S/c1-17(2)23(29)27(13-18-5-6-18)14-21-12-26-24(28(21)15-22-4-3-11-32-22)33(30,31)16-19-7-9-20(25)10-8-19/h7-10,12,17-18,22H,3-6,11,13-16H2,1-2H3. The largest absolute Gasteiger partial charge is 0.376 e. The van der Waals surface area contributed by atoms with E-state index in [4.69, 9.17) is 4.74 Å². The Labute approximate surface area is 194 Å². The maximum atomic E-state index is 13.3. The number of aromatic nitrogens is 2. The average Bonchev–Trinajstić information content (AvgIpc) is 3.26. The molecule has 2 heterocycles. The van der Waals surface area contributed by atoms with Crippen molar-refractivity contribution in [2.75, 3.05) is 13.2 Å². The minimum Gasteiger partial charge on any atom is -0.376 e. The van der Waals surface area contributed by atoms with Crippen LogP contribution in [-0.2, 0) is 38.2 Å². The second-order valence-corrected chi connectivity index (χ2v) is 11.4. The summed E-state index contributed by atoms with van der Waals surface area (Å²) >= 11 is 0. The van der Waals surface area contributed by atoms with Gasteiger partial charge in [-0.25, -0.2) is 17.8 Å². The van der Waals surface area contributed by atoms with Crippen molar-refractivity contribution in [3.05, 3.63) is 47.5 Å². The number of carbonyl (C=O) groups excluding carboxylic acids is 1. The Morgan fingerprint density at radius 2 is 1.97 bits per heavy atom. The Bertz CT molecular complexity index is 1070. The van der Waals surface area contributed by atoms with Gasteiger partial charge in [-0.3, -0.25) is 4.79 Å². The van der Waals surface area contributed by atoms with Crippen molar-refractivity contribution >= 4 is 15.7 Å². The van der Waals surface area contributed by atoms with Gasteiger partial charge in [-0.1, -0.05) is 26.0 Å². The van der Waals surface area contributed by atoms with Gasteiger partial charge in [0.2, 0.25) is 20.9 Å². The van der Waals surface area contributed by atoms with Gasteiger partial charge in [-0.05, 0) is 49.3 Å². The van der Waals surface area contributed by atoms with Crippen molar-refractivity contribution in [1.82, 2.24) is 14.5 Å². The number of hydrogen-bond acceptors (Lipinski definition) is 5. The summed E-state index contributed by atoms with van der Waals surface area (Å²) in [6, 6.07) is 5.45. The summed E-state index contributed by atoms with van der Waals surface area (Å²) in [7, 11) is -3.79. The van der Waals surface area contributed by atoms with Gasteiger partial charge in [0, 0.05) is 19.1 Å². The number of amides is 1. The van der Waals surface area contributed by atoms with Crippen LogP contribution in [0.1, 0.15) is 50.8 Å². The van der Waals surface area contributed by atoms with E-state index in [0.717, 1.165) is 25.7 Å². The van der Waals surface area contributed by atoms with Gasteiger partial charge in [0.05, 0.1) is 36.8 Å². The highest BCUT2D eigenvalue weighted by Gasteiger charge is 2.31. The molecule has 1 amide bonds. The lowest BCUT2D eigenvalue weighted by Gasteiger charge is -2.26. The number of rotatable bonds is 10. The molecule has 1 atom stereocenters. The molecule has 1 aliphatic heterocycles. The summed E-state index contributed by atoms with van der Waals surface area (Å²) in [5.41, 5.74) is 1.19. The van der Waals surface area contributed by atoms with Crippen molar-refractivity contribution < 1.29 is 22.3 Å². The van der Waals surface area contributed by atoms with Gasteiger partial charge in [0.25, 0.3) is 0 Å². The molecule has 7 nitrogen and oxygen atoms in total. The van der Waals surface area contributed by atoms with E-state index in [9.17, 15) is 17.6 Å². The molecular weight excluding hydrogens is 445 g/mol. The molecule has 2 fully saturated rings. The fraction of sp³-hybridized carbons (Fsp3) is 0.583. The van der Waals surface area contributed by atoms with Crippen LogP contribution in [0.4, 0.5) is 4.39 Å². The molecule has 9 heteroatoms. The Hall–Kier alpha value is -2.26. The normalized spacial score (nSPS) is 18.7. The Balaban J connectivity index is 1.63. The predicted molar refractivity (Wildman–Crippen MR) is 121 cm³/mol. The topological polar surface area (TPSA) is 81.5 Å². The molecule has 180 valence electrons. The maximum absolute atomic E-state index is 13.3. The second kappa shape index (κ2) is 9.93. The molecule has 0 radical (unpaired) electrons. The van der Waals surface area contributed by atoms with E-state index >= 15 is 0 Å². The molecular formula is C24H32FN3O4S. The molecule has 0 spiro atoms. The molecule has 1 aromatic carbocycles. The van der Waals surface area contributed by atoms with Crippen LogP contribution in [0.3, 0.4) is 0 Å². The van der Waals surface area contributed by atoms with Gasteiger partial charge < -0.3 is 14.2 Å². The van der Waals surface area contributed by atoms with Gasteiger partial charge in [-0.15, -0.1) is 0 Å². The molecule has 0 N–H and O–H groups in total. The number of benzene rings is 1. The highest BCUT2D eigenvalue weighted by molar-refractivity contribution is 7.90. The van der Waals surface area contributed by atoms with Crippen LogP contribution in [0.2, 0.25) is 0 Å². The van der Waals surface area contributed by atoms with Crippen LogP contribution < -0.4 is 0 Å². The zero-order valence-electron chi connectivity index (χ0n) is 19.2. The molecule has 1 aromatic heterocycles. The summed E-state index contributed by atoms with van der Waals surface area (Å²) in [5.74, 6) is -0.248. The first-order valence-corrected chi connectivity index (χ1v) is 13.3.